The van der Waals surface area contributed by atoms with Crippen LogP contribution >= 0.6 is 0 Å². The quantitative estimate of drug-likeness (QED) is 0.673. The molecule has 0 aliphatic heterocycles. The number of hydrogen-bond acceptors (Lipinski definition) is 0. The Morgan fingerprint density at radius 3 is 1.25 bits per heavy atom. The number of aryl methyl sites for hydroxylation is 2. The van der Waals surface area contributed by atoms with Gasteiger partial charge in [0.05, 0.1) is 0 Å². The molecule has 2 aromatic rings. The van der Waals surface area contributed by atoms with Gasteiger partial charge >= 0.3 is 106 Å². The van der Waals surface area contributed by atoms with Gasteiger partial charge < -0.3 is 0 Å². The summed E-state index contributed by atoms with van der Waals surface area (Å²) in [7, 11) is 0. The summed E-state index contributed by atoms with van der Waals surface area (Å²) >= 11 is -1.63. The Morgan fingerprint density at radius 2 is 0.938 bits per heavy atom. The topological polar surface area (TPSA) is 0 Å². The van der Waals surface area contributed by atoms with Gasteiger partial charge in [-0.15, -0.1) is 0 Å². The van der Waals surface area contributed by atoms with Crippen molar-refractivity contribution in [2.75, 3.05) is 0 Å². The Labute approximate surface area is 106 Å². The first-order valence-corrected chi connectivity index (χ1v) is 12.5. The van der Waals surface area contributed by atoms with E-state index in [-0.39, 0.29) is 0 Å². The van der Waals surface area contributed by atoms with Gasteiger partial charge in [-0.25, -0.2) is 0 Å². The van der Waals surface area contributed by atoms with E-state index >= 15 is 0 Å². The molecule has 2 rings (SSSR count). The summed E-state index contributed by atoms with van der Waals surface area (Å²) in [6.07, 6.45) is 0. The minimum atomic E-state index is -1.63. The fourth-order valence-electron chi connectivity index (χ4n) is 1.69. The van der Waals surface area contributed by atoms with E-state index in [2.05, 4.69) is 67.0 Å². The predicted molar refractivity (Wildman–Crippen MR) is 73.2 cm³/mol. The van der Waals surface area contributed by atoms with Crippen LogP contribution in [0.2, 0.25) is 4.63 Å². The third-order valence-corrected chi connectivity index (χ3v) is 11.2. The number of benzene rings is 2. The first-order valence-electron chi connectivity index (χ1n) is 5.54. The van der Waals surface area contributed by atoms with Gasteiger partial charge in [-0.1, -0.05) is 0 Å². The van der Waals surface area contributed by atoms with E-state index in [9.17, 15) is 0 Å². The van der Waals surface area contributed by atoms with Crippen LogP contribution in [0.4, 0.5) is 0 Å². The normalized spacial score (nSPS) is 10.8. The minimum absolute atomic E-state index is 1.35. The molecule has 82 valence electrons. The SMILES string of the molecule is Cc1cc[c]([Bi]([CH3])[c]2ccc(C)cc2)cc1. The summed E-state index contributed by atoms with van der Waals surface area (Å²) in [6.45, 7) is 4.30. The molecule has 0 fully saturated rings. The number of rotatable bonds is 2. The average Bonchev–Trinajstić information content (AvgIpc) is 2.30. The Morgan fingerprint density at radius 1 is 0.625 bits per heavy atom. The van der Waals surface area contributed by atoms with Crippen molar-refractivity contribution in [2.24, 2.45) is 0 Å². The van der Waals surface area contributed by atoms with Crippen molar-refractivity contribution >= 4 is 28.3 Å². The van der Waals surface area contributed by atoms with Crippen LogP contribution in [0.1, 0.15) is 11.1 Å². The Balaban J connectivity index is 2.28. The van der Waals surface area contributed by atoms with Crippen molar-refractivity contribution in [3.8, 4) is 0 Å². The van der Waals surface area contributed by atoms with Crippen LogP contribution in [-0.4, -0.2) is 21.8 Å². The third kappa shape index (κ3) is 2.71. The molecule has 2 aromatic carbocycles. The summed E-state index contributed by atoms with van der Waals surface area (Å²) in [5.41, 5.74) is 2.70. The van der Waals surface area contributed by atoms with Crippen molar-refractivity contribution in [1.82, 2.24) is 0 Å². The molecule has 0 aliphatic rings. The van der Waals surface area contributed by atoms with Gasteiger partial charge in [-0.05, 0) is 0 Å². The molecular weight excluding hydrogens is 389 g/mol. The molecule has 0 amide bonds. The standard InChI is InChI=1S/2C7H7.CH3.Bi/c2*1-7-5-3-2-4-6-7;;/h2*3-6H,1H3;1H3;. The summed E-state index contributed by atoms with van der Waals surface area (Å²) in [5.74, 6) is 0. The second-order valence-electron chi connectivity index (χ2n) is 4.23. The molecule has 0 aromatic heterocycles. The molecule has 0 saturated heterocycles. The van der Waals surface area contributed by atoms with E-state index in [0.29, 0.717) is 0 Å². The van der Waals surface area contributed by atoms with Crippen molar-refractivity contribution in [1.29, 1.82) is 0 Å². The van der Waals surface area contributed by atoms with Gasteiger partial charge in [0.25, 0.3) is 0 Å². The first kappa shape index (κ1) is 11.8. The van der Waals surface area contributed by atoms with E-state index < -0.39 is 21.8 Å². The monoisotopic (exact) mass is 406 g/mol. The van der Waals surface area contributed by atoms with Crippen LogP contribution in [0.5, 0.6) is 0 Å². The first-order chi connectivity index (χ1) is 7.66. The summed E-state index contributed by atoms with van der Waals surface area (Å²) in [4.78, 5) is 0. The average molecular weight is 406 g/mol. The van der Waals surface area contributed by atoms with Crippen molar-refractivity contribution < 1.29 is 0 Å². The van der Waals surface area contributed by atoms with Crippen LogP contribution in [0, 0.1) is 13.8 Å². The molecular formula is C15H17Bi. The fourth-order valence-corrected chi connectivity index (χ4v) is 7.48. The van der Waals surface area contributed by atoms with Crippen LogP contribution < -0.4 is 6.54 Å². The van der Waals surface area contributed by atoms with E-state index in [1.54, 1.807) is 6.54 Å². The van der Waals surface area contributed by atoms with Crippen molar-refractivity contribution in [3.05, 3.63) is 59.7 Å². The van der Waals surface area contributed by atoms with Gasteiger partial charge in [-0.3, -0.25) is 0 Å². The third-order valence-electron chi connectivity index (χ3n) is 2.84. The van der Waals surface area contributed by atoms with Crippen LogP contribution in [-0.2, 0) is 0 Å². The van der Waals surface area contributed by atoms with Crippen LogP contribution in [0.15, 0.2) is 48.5 Å². The van der Waals surface area contributed by atoms with E-state index in [4.69, 9.17) is 0 Å². The molecule has 1 heteroatoms. The van der Waals surface area contributed by atoms with E-state index in [1.807, 2.05) is 0 Å². The Kier molecular flexibility index (Phi) is 3.76. The molecule has 16 heavy (non-hydrogen) atoms. The fraction of sp³-hybridized carbons (Fsp3) is 0.200. The molecule has 0 nitrogen and oxygen atoms in total. The molecule has 0 N–H and O–H groups in total. The van der Waals surface area contributed by atoms with Gasteiger partial charge in [0.1, 0.15) is 0 Å². The predicted octanol–water partition coefficient (Wildman–Crippen LogP) is 2.54. The van der Waals surface area contributed by atoms with E-state index in [1.165, 1.54) is 11.1 Å². The molecule has 0 aliphatic carbocycles. The van der Waals surface area contributed by atoms with Crippen molar-refractivity contribution in [3.63, 3.8) is 0 Å². The van der Waals surface area contributed by atoms with E-state index in [0.717, 1.165) is 0 Å². The molecule has 0 bridgehead atoms. The van der Waals surface area contributed by atoms with Crippen LogP contribution in [0.25, 0.3) is 0 Å². The van der Waals surface area contributed by atoms with Gasteiger partial charge in [0.15, 0.2) is 0 Å². The second kappa shape index (κ2) is 5.10. The summed E-state index contributed by atoms with van der Waals surface area (Å²) in [5, 5.41) is 0. The molecule has 0 radical (unpaired) electrons. The van der Waals surface area contributed by atoms with Crippen molar-refractivity contribution in [2.45, 2.75) is 18.5 Å². The van der Waals surface area contributed by atoms with Crippen LogP contribution in [0.3, 0.4) is 0 Å². The maximum absolute atomic E-state index is 2.46. The second-order valence-corrected chi connectivity index (χ2v) is 12.6. The zero-order chi connectivity index (χ0) is 11.5. The molecule has 0 atom stereocenters. The zero-order valence-electron chi connectivity index (χ0n) is 10.1. The summed E-state index contributed by atoms with van der Waals surface area (Å²) < 4.78 is 5.64. The summed E-state index contributed by atoms with van der Waals surface area (Å²) in [6, 6.07) is 18.2. The number of hydrogen-bond donors (Lipinski definition) is 0. The van der Waals surface area contributed by atoms with Gasteiger partial charge in [0.2, 0.25) is 0 Å². The maximum atomic E-state index is 2.46. The van der Waals surface area contributed by atoms with Gasteiger partial charge in [-0.2, -0.15) is 0 Å². The molecule has 0 heterocycles. The Hall–Kier alpha value is -0.677. The Bertz CT molecular complexity index is 408. The van der Waals surface area contributed by atoms with Gasteiger partial charge in [0, 0.05) is 0 Å². The zero-order valence-corrected chi connectivity index (χ0v) is 13.5. The molecule has 0 saturated carbocycles. The molecule has 0 spiro atoms. The molecule has 0 unspecified atom stereocenters.